The van der Waals surface area contributed by atoms with Gasteiger partial charge in [0.25, 0.3) is 0 Å². The number of nitrogens with zero attached hydrogens (tertiary/aromatic N) is 2. The van der Waals surface area contributed by atoms with Crippen molar-refractivity contribution in [3.05, 3.63) is 59.4 Å². The number of benzene rings is 1. The van der Waals surface area contributed by atoms with Crippen molar-refractivity contribution in [2.24, 2.45) is 11.8 Å². The van der Waals surface area contributed by atoms with E-state index in [1.165, 1.54) is 0 Å². The summed E-state index contributed by atoms with van der Waals surface area (Å²) in [6, 6.07) is 9.39. The first kappa shape index (κ1) is 20.5. The SMILES string of the molecule is Cc1cc(C(=O)CN2C(=O)C3CC=CCC3C2=O)c(C)n1CC1COc2ccccc2O1. The summed E-state index contributed by atoms with van der Waals surface area (Å²) in [5, 5.41) is 0. The number of para-hydroxylation sites is 2. The molecule has 1 fully saturated rings. The van der Waals surface area contributed by atoms with E-state index in [0.717, 1.165) is 22.0 Å². The van der Waals surface area contributed by atoms with Crippen molar-refractivity contribution in [2.45, 2.75) is 39.3 Å². The number of carbonyl (C=O) groups is 3. The van der Waals surface area contributed by atoms with E-state index in [-0.39, 0.29) is 42.1 Å². The maximum atomic E-state index is 13.1. The minimum Gasteiger partial charge on any atom is -0.486 e. The average molecular weight is 434 g/mol. The van der Waals surface area contributed by atoms with E-state index < -0.39 is 0 Å². The number of likely N-dealkylation sites (tertiary alicyclic amines) is 1. The number of ketones is 1. The topological polar surface area (TPSA) is 77.8 Å². The number of Topliss-reactive ketones (excluding diaryl/α,β-unsaturated/α-hetero) is 1. The van der Waals surface area contributed by atoms with Gasteiger partial charge in [-0.15, -0.1) is 0 Å². The number of allylic oxidation sites excluding steroid dienone is 2. The van der Waals surface area contributed by atoms with Crippen LogP contribution >= 0.6 is 0 Å². The molecule has 1 aliphatic carbocycles. The van der Waals surface area contributed by atoms with Crippen LogP contribution in [0.4, 0.5) is 0 Å². The largest absolute Gasteiger partial charge is 0.486 e. The number of ether oxygens (including phenoxy) is 2. The monoisotopic (exact) mass is 434 g/mol. The number of fused-ring (bicyclic) bond motifs is 2. The fraction of sp³-hybridized carbons (Fsp3) is 0.400. The van der Waals surface area contributed by atoms with Gasteiger partial charge in [0, 0.05) is 17.0 Å². The zero-order valence-corrected chi connectivity index (χ0v) is 18.2. The van der Waals surface area contributed by atoms with Gasteiger partial charge in [-0.1, -0.05) is 24.3 Å². The summed E-state index contributed by atoms with van der Waals surface area (Å²) in [5.74, 6) is 0.138. The Labute approximate surface area is 186 Å². The van der Waals surface area contributed by atoms with Crippen LogP contribution in [0.5, 0.6) is 11.5 Å². The molecule has 3 heterocycles. The van der Waals surface area contributed by atoms with Crippen molar-refractivity contribution < 1.29 is 23.9 Å². The van der Waals surface area contributed by atoms with E-state index in [1.54, 1.807) is 0 Å². The number of rotatable bonds is 5. The Morgan fingerprint density at radius 3 is 2.38 bits per heavy atom. The van der Waals surface area contributed by atoms with Crippen LogP contribution in [0.15, 0.2) is 42.5 Å². The van der Waals surface area contributed by atoms with Crippen LogP contribution in [0.1, 0.15) is 34.6 Å². The first-order chi connectivity index (χ1) is 15.4. The van der Waals surface area contributed by atoms with E-state index >= 15 is 0 Å². The lowest BCUT2D eigenvalue weighted by Crippen LogP contribution is -2.36. The second kappa shape index (κ2) is 7.97. The van der Waals surface area contributed by atoms with Crippen molar-refractivity contribution in [3.63, 3.8) is 0 Å². The summed E-state index contributed by atoms with van der Waals surface area (Å²) < 4.78 is 13.9. The number of aromatic nitrogens is 1. The van der Waals surface area contributed by atoms with Crippen LogP contribution in [0, 0.1) is 25.7 Å². The third-order valence-electron chi connectivity index (χ3n) is 6.73. The maximum absolute atomic E-state index is 13.1. The Morgan fingerprint density at radius 2 is 1.69 bits per heavy atom. The molecule has 2 aliphatic heterocycles. The number of amides is 2. The summed E-state index contributed by atoms with van der Waals surface area (Å²) in [6.45, 7) is 4.58. The van der Waals surface area contributed by atoms with Gasteiger partial charge in [0.2, 0.25) is 11.8 Å². The molecule has 2 aromatic rings. The zero-order chi connectivity index (χ0) is 22.4. The van der Waals surface area contributed by atoms with Crippen molar-refractivity contribution >= 4 is 17.6 Å². The number of hydrogen-bond acceptors (Lipinski definition) is 5. The molecular weight excluding hydrogens is 408 g/mol. The molecule has 0 bridgehead atoms. The molecular formula is C25H26N2O5. The third kappa shape index (κ3) is 3.42. The van der Waals surface area contributed by atoms with Crippen molar-refractivity contribution in [3.8, 4) is 11.5 Å². The number of hydrogen-bond donors (Lipinski definition) is 0. The number of carbonyl (C=O) groups excluding carboxylic acids is 3. The standard InChI is InChI=1S/C25H26N2O5/c1-15-11-20(21(28)13-27-24(29)18-7-3-4-8-19(18)25(27)30)16(2)26(15)12-17-14-31-22-9-5-6-10-23(22)32-17/h3-6,9-11,17-19H,7-8,12-14H2,1-2H3. The molecule has 3 atom stereocenters. The van der Waals surface area contributed by atoms with Crippen LogP contribution in [-0.2, 0) is 16.1 Å². The van der Waals surface area contributed by atoms with E-state index in [1.807, 2.05) is 60.9 Å². The van der Waals surface area contributed by atoms with Crippen LogP contribution in [0.2, 0.25) is 0 Å². The van der Waals surface area contributed by atoms with Gasteiger partial charge in [-0.05, 0) is 44.9 Å². The second-order valence-electron chi connectivity index (χ2n) is 8.73. The van der Waals surface area contributed by atoms with Gasteiger partial charge in [-0.3, -0.25) is 19.3 Å². The lowest BCUT2D eigenvalue weighted by atomic mass is 9.85. The van der Waals surface area contributed by atoms with Gasteiger partial charge in [-0.25, -0.2) is 0 Å². The van der Waals surface area contributed by atoms with Crippen LogP contribution < -0.4 is 9.47 Å². The molecule has 166 valence electrons. The molecule has 32 heavy (non-hydrogen) atoms. The summed E-state index contributed by atoms with van der Waals surface area (Å²) in [6.07, 6.45) is 4.85. The Hall–Kier alpha value is -3.35. The minimum absolute atomic E-state index is 0.185. The van der Waals surface area contributed by atoms with Gasteiger partial charge in [0.1, 0.15) is 6.61 Å². The van der Waals surface area contributed by atoms with Crippen molar-refractivity contribution in [1.82, 2.24) is 9.47 Å². The molecule has 3 aliphatic rings. The van der Waals surface area contributed by atoms with E-state index in [4.69, 9.17) is 9.47 Å². The van der Waals surface area contributed by atoms with Crippen LogP contribution in [0.25, 0.3) is 0 Å². The Bertz CT molecular complexity index is 1110. The Kier molecular flexibility index (Phi) is 5.12. The molecule has 3 unspecified atom stereocenters. The smallest absolute Gasteiger partial charge is 0.233 e. The summed E-state index contributed by atoms with van der Waals surface area (Å²) in [7, 11) is 0. The molecule has 1 saturated heterocycles. The highest BCUT2D eigenvalue weighted by Crippen LogP contribution is 2.35. The van der Waals surface area contributed by atoms with Gasteiger partial charge < -0.3 is 14.0 Å². The first-order valence-corrected chi connectivity index (χ1v) is 11.0. The molecule has 0 saturated carbocycles. The summed E-state index contributed by atoms with van der Waals surface area (Å²) >= 11 is 0. The molecule has 1 aromatic carbocycles. The summed E-state index contributed by atoms with van der Waals surface area (Å²) in [4.78, 5) is 39.7. The first-order valence-electron chi connectivity index (χ1n) is 11.0. The second-order valence-corrected chi connectivity index (χ2v) is 8.73. The normalized spacial score (nSPS) is 24.1. The number of imide groups is 1. The summed E-state index contributed by atoms with van der Waals surface area (Å²) in [5.41, 5.74) is 2.26. The van der Waals surface area contributed by atoms with Crippen molar-refractivity contribution in [2.75, 3.05) is 13.2 Å². The lowest BCUT2D eigenvalue weighted by molar-refractivity contribution is -0.139. The Balaban J connectivity index is 1.30. The van der Waals surface area contributed by atoms with Gasteiger partial charge in [-0.2, -0.15) is 0 Å². The van der Waals surface area contributed by atoms with Crippen LogP contribution in [0.3, 0.4) is 0 Å². The van der Waals surface area contributed by atoms with Crippen molar-refractivity contribution in [1.29, 1.82) is 0 Å². The van der Waals surface area contributed by atoms with Gasteiger partial charge in [0.15, 0.2) is 23.4 Å². The molecule has 7 nitrogen and oxygen atoms in total. The fourth-order valence-corrected chi connectivity index (χ4v) is 4.97. The predicted molar refractivity (Wildman–Crippen MR) is 117 cm³/mol. The molecule has 2 amide bonds. The van der Waals surface area contributed by atoms with Gasteiger partial charge in [0.05, 0.1) is 24.9 Å². The minimum atomic E-state index is -0.320. The molecule has 0 N–H and O–H groups in total. The van der Waals surface area contributed by atoms with E-state index in [2.05, 4.69) is 0 Å². The van der Waals surface area contributed by atoms with Gasteiger partial charge >= 0.3 is 0 Å². The van der Waals surface area contributed by atoms with Crippen LogP contribution in [-0.4, -0.2) is 46.3 Å². The quantitative estimate of drug-likeness (QED) is 0.411. The molecule has 0 spiro atoms. The average Bonchev–Trinajstić information content (AvgIpc) is 3.22. The third-order valence-corrected chi connectivity index (χ3v) is 6.73. The Morgan fingerprint density at radius 1 is 1.03 bits per heavy atom. The van der Waals surface area contributed by atoms with E-state index in [0.29, 0.717) is 37.3 Å². The fourth-order valence-electron chi connectivity index (χ4n) is 4.97. The molecule has 1 aromatic heterocycles. The highest BCUT2D eigenvalue weighted by Gasteiger charge is 2.47. The lowest BCUT2D eigenvalue weighted by Gasteiger charge is -2.27. The molecule has 5 rings (SSSR count). The molecule has 7 heteroatoms. The van der Waals surface area contributed by atoms with E-state index in [9.17, 15) is 14.4 Å². The zero-order valence-electron chi connectivity index (χ0n) is 18.2. The molecule has 0 radical (unpaired) electrons. The maximum Gasteiger partial charge on any atom is 0.233 e. The highest BCUT2D eigenvalue weighted by atomic mass is 16.6. The number of aryl methyl sites for hydroxylation is 1. The predicted octanol–water partition coefficient (Wildman–Crippen LogP) is 3.08. The highest BCUT2D eigenvalue weighted by molar-refractivity contribution is 6.10.